The zero-order chi connectivity index (χ0) is 23.7. The van der Waals surface area contributed by atoms with E-state index in [-0.39, 0.29) is 24.2 Å². The molecule has 1 amide bonds. The van der Waals surface area contributed by atoms with Crippen LogP contribution in [-0.2, 0) is 21.4 Å². The summed E-state index contributed by atoms with van der Waals surface area (Å²) in [6, 6.07) is 14.4. The molecule has 5 rings (SSSR count). The highest BCUT2D eigenvalue weighted by Crippen LogP contribution is 2.30. The molecule has 0 atom stereocenters. The molecule has 8 nitrogen and oxygen atoms in total. The van der Waals surface area contributed by atoms with E-state index in [1.165, 1.54) is 10.4 Å². The number of rotatable bonds is 7. The van der Waals surface area contributed by atoms with E-state index in [4.69, 9.17) is 16.0 Å². The maximum absolute atomic E-state index is 12.9. The predicted molar refractivity (Wildman–Crippen MR) is 130 cm³/mol. The number of aromatic nitrogens is 2. The number of halogens is 1. The fourth-order valence-corrected chi connectivity index (χ4v) is 5.58. The largest absolute Gasteiger partial charge is 0.419 e. The maximum atomic E-state index is 12.9. The summed E-state index contributed by atoms with van der Waals surface area (Å²) in [5.41, 5.74) is 2.22. The molecule has 3 aromatic rings. The van der Waals surface area contributed by atoms with Gasteiger partial charge in [-0.05, 0) is 67.3 Å². The average Bonchev–Trinajstić information content (AvgIpc) is 3.45. The van der Waals surface area contributed by atoms with Crippen molar-refractivity contribution < 1.29 is 17.6 Å². The molecule has 0 unspecified atom stereocenters. The van der Waals surface area contributed by atoms with Crippen LogP contribution < -0.4 is 4.31 Å². The summed E-state index contributed by atoms with van der Waals surface area (Å²) in [6.45, 7) is 0.738. The lowest BCUT2D eigenvalue weighted by Gasteiger charge is -2.18. The number of hydrogen-bond donors (Lipinski definition) is 0. The number of amides is 1. The first-order valence-electron chi connectivity index (χ1n) is 11.1. The molecule has 2 aliphatic rings. The van der Waals surface area contributed by atoms with E-state index in [2.05, 4.69) is 10.2 Å². The number of hydrogen-bond acceptors (Lipinski definition) is 6. The topological polar surface area (TPSA) is 96.6 Å². The van der Waals surface area contributed by atoms with Crippen molar-refractivity contribution in [1.82, 2.24) is 15.1 Å². The minimum Gasteiger partial charge on any atom is -0.419 e. The van der Waals surface area contributed by atoms with Crippen molar-refractivity contribution in [1.29, 1.82) is 0 Å². The summed E-state index contributed by atoms with van der Waals surface area (Å²) in [6.07, 6.45) is 5.77. The fraction of sp³-hybridized carbons (Fsp3) is 0.292. The molecule has 0 radical (unpaired) electrons. The molecule has 1 aromatic heterocycles. The van der Waals surface area contributed by atoms with E-state index in [0.29, 0.717) is 35.5 Å². The molecule has 176 valence electrons. The Bertz CT molecular complexity index is 1320. The van der Waals surface area contributed by atoms with Gasteiger partial charge in [0.25, 0.3) is 0 Å². The Morgan fingerprint density at radius 2 is 1.85 bits per heavy atom. The Kier molecular flexibility index (Phi) is 6.14. The first-order valence-corrected chi connectivity index (χ1v) is 13.1. The third kappa shape index (κ3) is 5.00. The van der Waals surface area contributed by atoms with Crippen LogP contribution >= 0.6 is 11.6 Å². The first kappa shape index (κ1) is 22.6. The van der Waals surface area contributed by atoms with Gasteiger partial charge in [-0.25, -0.2) is 8.42 Å². The zero-order valence-corrected chi connectivity index (χ0v) is 19.9. The van der Waals surface area contributed by atoms with Gasteiger partial charge in [0.05, 0.1) is 18.0 Å². The van der Waals surface area contributed by atoms with Crippen LogP contribution in [0.4, 0.5) is 5.69 Å². The van der Waals surface area contributed by atoms with Gasteiger partial charge in [0.2, 0.25) is 27.7 Å². The normalized spacial score (nSPS) is 17.4. The van der Waals surface area contributed by atoms with Gasteiger partial charge in [0.15, 0.2) is 0 Å². The summed E-state index contributed by atoms with van der Waals surface area (Å²) in [5.74, 6) is 0.793. The zero-order valence-electron chi connectivity index (χ0n) is 18.3. The Morgan fingerprint density at radius 3 is 2.50 bits per heavy atom. The Hall–Kier alpha value is -3.17. The van der Waals surface area contributed by atoms with Crippen molar-refractivity contribution in [2.45, 2.75) is 31.8 Å². The van der Waals surface area contributed by atoms with Crippen LogP contribution in [0.3, 0.4) is 0 Å². The molecule has 0 N–H and O–H groups in total. The highest BCUT2D eigenvalue weighted by molar-refractivity contribution is 7.93. The van der Waals surface area contributed by atoms with Gasteiger partial charge in [0, 0.05) is 29.2 Å². The molecule has 1 aliphatic carbocycles. The van der Waals surface area contributed by atoms with E-state index in [0.717, 1.165) is 24.0 Å². The van der Waals surface area contributed by atoms with E-state index in [1.807, 2.05) is 12.1 Å². The molecular weight excluding hydrogens is 476 g/mol. The van der Waals surface area contributed by atoms with E-state index < -0.39 is 10.0 Å². The third-order valence-electron chi connectivity index (χ3n) is 5.83. The first-order chi connectivity index (χ1) is 16.4. The second-order valence-corrected chi connectivity index (χ2v) is 10.8. The lowest BCUT2D eigenvalue weighted by molar-refractivity contribution is -0.127. The van der Waals surface area contributed by atoms with Gasteiger partial charge in [-0.3, -0.25) is 9.10 Å². The molecule has 0 bridgehead atoms. The monoisotopic (exact) mass is 498 g/mol. The summed E-state index contributed by atoms with van der Waals surface area (Å²) < 4.78 is 31.4. The molecule has 1 aliphatic heterocycles. The molecule has 2 fully saturated rings. The fourth-order valence-electron chi connectivity index (χ4n) is 3.89. The van der Waals surface area contributed by atoms with Crippen molar-refractivity contribution in [3.63, 3.8) is 0 Å². The number of nitrogens with zero attached hydrogens (tertiary/aromatic N) is 4. The quantitative estimate of drug-likeness (QED) is 0.454. The molecule has 2 heterocycles. The smallest absolute Gasteiger partial charge is 0.247 e. The summed E-state index contributed by atoms with van der Waals surface area (Å²) >= 11 is 5.93. The van der Waals surface area contributed by atoms with Gasteiger partial charge >= 0.3 is 0 Å². The van der Waals surface area contributed by atoms with Crippen molar-refractivity contribution in [3.8, 4) is 11.5 Å². The lowest BCUT2D eigenvalue weighted by atomic mass is 10.2. The summed E-state index contributed by atoms with van der Waals surface area (Å²) in [5, 5.41) is 8.82. The second-order valence-electron chi connectivity index (χ2n) is 8.37. The minimum absolute atomic E-state index is 0.139. The number of benzene rings is 2. The Labute approximate surface area is 202 Å². The minimum atomic E-state index is -3.21. The Balaban J connectivity index is 1.25. The van der Waals surface area contributed by atoms with Crippen molar-refractivity contribution >= 4 is 39.3 Å². The SMILES string of the molecule is O=C(/C=C/c1ccc(N2CCCS2(=O)=O)cc1)N(Cc1nnc(-c2ccc(Cl)cc2)o1)C1CC1. The highest BCUT2D eigenvalue weighted by atomic mass is 35.5. The average molecular weight is 499 g/mol. The van der Waals surface area contributed by atoms with E-state index >= 15 is 0 Å². The molecular formula is C24H23ClN4O4S. The van der Waals surface area contributed by atoms with Crippen LogP contribution in [-0.4, -0.2) is 47.8 Å². The predicted octanol–water partition coefficient (Wildman–Crippen LogP) is 4.13. The summed E-state index contributed by atoms with van der Waals surface area (Å²) in [7, 11) is -3.21. The van der Waals surface area contributed by atoms with Crippen LogP contribution in [0.25, 0.3) is 17.5 Å². The number of sulfonamides is 1. The van der Waals surface area contributed by atoms with Gasteiger partial charge in [0.1, 0.15) is 0 Å². The second kappa shape index (κ2) is 9.23. The molecule has 1 saturated heterocycles. The summed E-state index contributed by atoms with van der Waals surface area (Å²) in [4.78, 5) is 14.7. The van der Waals surface area contributed by atoms with Crippen LogP contribution in [0.5, 0.6) is 0 Å². The third-order valence-corrected chi connectivity index (χ3v) is 7.95. The molecule has 34 heavy (non-hydrogen) atoms. The van der Waals surface area contributed by atoms with Gasteiger partial charge < -0.3 is 9.32 Å². The molecule has 10 heteroatoms. The van der Waals surface area contributed by atoms with Gasteiger partial charge in [-0.15, -0.1) is 10.2 Å². The highest BCUT2D eigenvalue weighted by Gasteiger charge is 2.33. The van der Waals surface area contributed by atoms with Gasteiger partial charge in [-0.2, -0.15) is 0 Å². The number of carbonyl (C=O) groups is 1. The van der Waals surface area contributed by atoms with Crippen LogP contribution in [0.2, 0.25) is 5.02 Å². The maximum Gasteiger partial charge on any atom is 0.247 e. The van der Waals surface area contributed by atoms with E-state index in [1.54, 1.807) is 47.4 Å². The number of carbonyl (C=O) groups excluding carboxylic acids is 1. The van der Waals surface area contributed by atoms with Gasteiger partial charge in [-0.1, -0.05) is 23.7 Å². The number of anilines is 1. The van der Waals surface area contributed by atoms with Crippen molar-refractivity contribution in [2.24, 2.45) is 0 Å². The molecule has 2 aromatic carbocycles. The van der Waals surface area contributed by atoms with Crippen molar-refractivity contribution in [3.05, 3.63) is 71.1 Å². The van der Waals surface area contributed by atoms with Crippen molar-refractivity contribution in [2.75, 3.05) is 16.6 Å². The molecule has 0 spiro atoms. The van der Waals surface area contributed by atoms with E-state index in [9.17, 15) is 13.2 Å². The standard InChI is InChI=1S/C24H23ClN4O4S/c25-19-7-5-18(6-8-19)24-27-26-22(33-24)16-28(20-11-12-20)23(30)13-4-17-2-9-21(10-3-17)29-14-1-15-34(29,31)32/h2-10,13,20H,1,11-12,14-16H2/b13-4+. The Morgan fingerprint density at radius 1 is 1.12 bits per heavy atom. The van der Waals surface area contributed by atoms with Crippen LogP contribution in [0.1, 0.15) is 30.7 Å². The lowest BCUT2D eigenvalue weighted by Crippen LogP contribution is -2.31. The van der Waals surface area contributed by atoms with Crippen LogP contribution in [0.15, 0.2) is 59.0 Å². The van der Waals surface area contributed by atoms with Crippen LogP contribution in [0, 0.1) is 0 Å². The molecule has 1 saturated carbocycles.